The highest BCUT2D eigenvalue weighted by Crippen LogP contribution is 2.19. The number of rotatable bonds is 1. The van der Waals surface area contributed by atoms with E-state index < -0.39 is 0 Å². The minimum absolute atomic E-state index is 1.02. The van der Waals surface area contributed by atoms with Crippen molar-refractivity contribution >= 4 is 5.52 Å². The molecule has 0 saturated carbocycles. The molecule has 2 heteroatoms. The fourth-order valence-corrected chi connectivity index (χ4v) is 1.90. The number of pyridine rings is 1. The molecule has 2 heterocycles. The second-order valence-corrected chi connectivity index (χ2v) is 3.90. The molecule has 3 aromatic rings. The van der Waals surface area contributed by atoms with Gasteiger partial charge in [0, 0.05) is 11.3 Å². The summed E-state index contributed by atoms with van der Waals surface area (Å²) in [6.07, 6.45) is 0. The van der Waals surface area contributed by atoms with Crippen LogP contribution in [-0.4, -0.2) is 9.61 Å². The lowest BCUT2D eigenvalue weighted by Crippen LogP contribution is -1.91. The summed E-state index contributed by atoms with van der Waals surface area (Å²) in [6, 6.07) is 18.6. The second-order valence-electron chi connectivity index (χ2n) is 3.90. The molecular weight excluding hydrogens is 244 g/mol. The summed E-state index contributed by atoms with van der Waals surface area (Å²) < 4.78 is 1.97. The number of hydrogen-bond donors (Lipinski definition) is 0. The molecule has 2 nitrogen and oxygen atoms in total. The number of hydrogen-bond acceptors (Lipinski definition) is 1. The first-order valence-electron chi connectivity index (χ1n) is 7.35. The van der Waals surface area contributed by atoms with Crippen LogP contribution in [0.4, 0.5) is 0 Å². The molecule has 0 atom stereocenters. The molecule has 0 unspecified atom stereocenters. The Morgan fingerprint density at radius 3 is 2.05 bits per heavy atom. The van der Waals surface area contributed by atoms with Gasteiger partial charge in [-0.1, -0.05) is 64.1 Å². The van der Waals surface area contributed by atoms with Crippen LogP contribution in [-0.2, 0) is 0 Å². The molecule has 1 aromatic carbocycles. The van der Waals surface area contributed by atoms with Crippen LogP contribution in [0.15, 0.2) is 54.6 Å². The Kier molecular flexibility index (Phi) is 6.51. The van der Waals surface area contributed by atoms with Gasteiger partial charge < -0.3 is 0 Å². The van der Waals surface area contributed by atoms with Crippen molar-refractivity contribution in [2.45, 2.75) is 34.6 Å². The van der Waals surface area contributed by atoms with Crippen LogP contribution < -0.4 is 0 Å². The predicted octanol–water partition coefficient (Wildman–Crippen LogP) is 5.36. The zero-order valence-electron chi connectivity index (χ0n) is 13.1. The van der Waals surface area contributed by atoms with E-state index in [9.17, 15) is 0 Å². The highest BCUT2D eigenvalue weighted by atomic mass is 15.2. The highest BCUT2D eigenvalue weighted by molar-refractivity contribution is 5.66. The first-order chi connectivity index (χ1) is 9.84. The summed E-state index contributed by atoms with van der Waals surface area (Å²) in [5.41, 5.74) is 4.47. The Morgan fingerprint density at radius 1 is 0.800 bits per heavy atom. The maximum atomic E-state index is 4.60. The number of benzene rings is 1. The third-order valence-corrected chi connectivity index (χ3v) is 2.74. The van der Waals surface area contributed by atoms with Crippen molar-refractivity contribution in [1.29, 1.82) is 0 Å². The Labute approximate surface area is 122 Å². The van der Waals surface area contributed by atoms with E-state index in [1.165, 1.54) is 0 Å². The van der Waals surface area contributed by atoms with Crippen molar-refractivity contribution in [2.75, 3.05) is 0 Å². The summed E-state index contributed by atoms with van der Waals surface area (Å²) >= 11 is 0. The first kappa shape index (κ1) is 16.0. The number of fused-ring (bicyclic) bond motifs is 1. The molecule has 0 spiro atoms. The van der Waals surface area contributed by atoms with Crippen LogP contribution in [0.1, 0.15) is 33.4 Å². The molecule has 0 bridgehead atoms. The van der Waals surface area contributed by atoms with Crippen LogP contribution in [0, 0.1) is 6.92 Å². The lowest BCUT2D eigenvalue weighted by Gasteiger charge is -1.96. The molecule has 0 amide bonds. The SMILES string of the molecule is CC.CC.Cc1cccc2cc(-c3ccccc3)nn12. The monoisotopic (exact) mass is 268 g/mol. The summed E-state index contributed by atoms with van der Waals surface area (Å²) in [4.78, 5) is 0. The molecule has 0 saturated heterocycles. The van der Waals surface area contributed by atoms with Gasteiger partial charge in [-0.25, -0.2) is 4.52 Å². The normalized spacial score (nSPS) is 9.25. The molecule has 0 aliphatic heterocycles. The lowest BCUT2D eigenvalue weighted by atomic mass is 10.1. The van der Waals surface area contributed by atoms with Crippen molar-refractivity contribution in [3.63, 3.8) is 0 Å². The fraction of sp³-hybridized carbons (Fsp3) is 0.278. The van der Waals surface area contributed by atoms with E-state index >= 15 is 0 Å². The van der Waals surface area contributed by atoms with Crippen LogP contribution in [0.2, 0.25) is 0 Å². The van der Waals surface area contributed by atoms with E-state index in [0.717, 1.165) is 22.5 Å². The van der Waals surface area contributed by atoms with Crippen LogP contribution in [0.3, 0.4) is 0 Å². The van der Waals surface area contributed by atoms with Gasteiger partial charge in [-0.3, -0.25) is 0 Å². The summed E-state index contributed by atoms with van der Waals surface area (Å²) in [7, 11) is 0. The number of nitrogens with zero attached hydrogens (tertiary/aromatic N) is 2. The number of aromatic nitrogens is 2. The van der Waals surface area contributed by atoms with Gasteiger partial charge in [0.05, 0.1) is 11.2 Å². The summed E-state index contributed by atoms with van der Waals surface area (Å²) in [6.45, 7) is 10.1. The standard InChI is InChI=1S/C14H12N2.2C2H6/c1-11-6-5-9-13-10-14(15-16(11)13)12-7-3-2-4-8-12;2*1-2/h2-10H,1H3;2*1-2H3. The molecule has 0 radical (unpaired) electrons. The van der Waals surface area contributed by atoms with E-state index in [0.29, 0.717) is 0 Å². The third-order valence-electron chi connectivity index (χ3n) is 2.74. The van der Waals surface area contributed by atoms with Crippen molar-refractivity contribution in [3.05, 3.63) is 60.3 Å². The zero-order valence-corrected chi connectivity index (χ0v) is 13.1. The molecule has 3 rings (SSSR count). The minimum Gasteiger partial charge on any atom is -0.237 e. The van der Waals surface area contributed by atoms with Gasteiger partial charge in [-0.2, -0.15) is 5.10 Å². The Morgan fingerprint density at radius 2 is 1.45 bits per heavy atom. The van der Waals surface area contributed by atoms with Crippen LogP contribution in [0.25, 0.3) is 16.8 Å². The molecule has 0 fully saturated rings. The molecule has 0 aliphatic rings. The van der Waals surface area contributed by atoms with Gasteiger partial charge in [-0.15, -0.1) is 0 Å². The van der Waals surface area contributed by atoms with Gasteiger partial charge in [0.25, 0.3) is 0 Å². The summed E-state index contributed by atoms with van der Waals surface area (Å²) in [5.74, 6) is 0. The fourth-order valence-electron chi connectivity index (χ4n) is 1.90. The van der Waals surface area contributed by atoms with E-state index in [1.54, 1.807) is 0 Å². The average molecular weight is 268 g/mol. The van der Waals surface area contributed by atoms with Gasteiger partial charge in [0.1, 0.15) is 0 Å². The Bertz CT molecular complexity index is 624. The topological polar surface area (TPSA) is 17.3 Å². The van der Waals surface area contributed by atoms with Gasteiger partial charge in [-0.05, 0) is 25.1 Å². The smallest absolute Gasteiger partial charge is 0.0933 e. The Balaban J connectivity index is 0.000000461. The van der Waals surface area contributed by atoms with Crippen molar-refractivity contribution < 1.29 is 0 Å². The predicted molar refractivity (Wildman–Crippen MR) is 88.1 cm³/mol. The second kappa shape index (κ2) is 8.16. The van der Waals surface area contributed by atoms with Crippen LogP contribution >= 0.6 is 0 Å². The molecule has 0 aliphatic carbocycles. The quantitative estimate of drug-likeness (QED) is 0.580. The van der Waals surface area contributed by atoms with Crippen molar-refractivity contribution in [3.8, 4) is 11.3 Å². The summed E-state index contributed by atoms with van der Waals surface area (Å²) in [5, 5.41) is 4.60. The van der Waals surface area contributed by atoms with Crippen molar-refractivity contribution in [1.82, 2.24) is 9.61 Å². The van der Waals surface area contributed by atoms with E-state index in [-0.39, 0.29) is 0 Å². The van der Waals surface area contributed by atoms with Gasteiger partial charge in [0.2, 0.25) is 0 Å². The van der Waals surface area contributed by atoms with Gasteiger partial charge in [0.15, 0.2) is 0 Å². The van der Waals surface area contributed by atoms with E-state index in [1.807, 2.05) is 50.4 Å². The molecular formula is C18H24N2. The van der Waals surface area contributed by atoms with Gasteiger partial charge >= 0.3 is 0 Å². The first-order valence-corrected chi connectivity index (χ1v) is 7.35. The molecule has 2 aromatic heterocycles. The highest BCUT2D eigenvalue weighted by Gasteiger charge is 2.04. The average Bonchev–Trinajstić information content (AvgIpc) is 2.98. The number of aryl methyl sites for hydroxylation is 1. The Hall–Kier alpha value is -2.09. The zero-order chi connectivity index (χ0) is 15.0. The van der Waals surface area contributed by atoms with E-state index in [4.69, 9.17) is 0 Å². The molecule has 106 valence electrons. The molecule has 20 heavy (non-hydrogen) atoms. The largest absolute Gasteiger partial charge is 0.237 e. The van der Waals surface area contributed by atoms with E-state index in [2.05, 4.69) is 48.4 Å². The minimum atomic E-state index is 1.02. The maximum absolute atomic E-state index is 4.60. The third kappa shape index (κ3) is 3.47. The van der Waals surface area contributed by atoms with Crippen molar-refractivity contribution in [2.24, 2.45) is 0 Å². The van der Waals surface area contributed by atoms with Crippen LogP contribution in [0.5, 0.6) is 0 Å². The lowest BCUT2D eigenvalue weighted by molar-refractivity contribution is 0.918. The maximum Gasteiger partial charge on any atom is 0.0933 e. The molecule has 0 N–H and O–H groups in total.